The summed E-state index contributed by atoms with van der Waals surface area (Å²) in [7, 11) is -2.95. The zero-order valence-electron chi connectivity index (χ0n) is 10.0. The Labute approximate surface area is 115 Å². The molecule has 0 atom stereocenters. The van der Waals surface area contributed by atoms with E-state index in [9.17, 15) is 13.2 Å². The molecule has 1 heterocycles. The summed E-state index contributed by atoms with van der Waals surface area (Å²) in [6, 6.07) is 5.51. The fourth-order valence-corrected chi connectivity index (χ4v) is 3.77. The van der Waals surface area contributed by atoms with Gasteiger partial charge in [-0.15, -0.1) is 0 Å². The second-order valence-electron chi connectivity index (χ2n) is 4.46. The summed E-state index contributed by atoms with van der Waals surface area (Å²) in [5.41, 5.74) is 1.60. The molecule has 1 aliphatic heterocycles. The van der Waals surface area contributed by atoms with Crippen LogP contribution in [0.4, 0.5) is 0 Å². The second kappa shape index (κ2) is 5.01. The summed E-state index contributed by atoms with van der Waals surface area (Å²) in [5, 5.41) is 0. The third-order valence-electron chi connectivity index (χ3n) is 2.92. The third-order valence-corrected chi connectivity index (χ3v) is 4.99. The lowest BCUT2D eigenvalue weighted by molar-refractivity contribution is 0.0770. The van der Waals surface area contributed by atoms with E-state index >= 15 is 0 Å². The van der Waals surface area contributed by atoms with Gasteiger partial charge in [0.25, 0.3) is 5.91 Å². The van der Waals surface area contributed by atoms with Crippen molar-refractivity contribution in [2.45, 2.75) is 6.92 Å². The van der Waals surface area contributed by atoms with Crippen molar-refractivity contribution in [3.63, 3.8) is 0 Å². The van der Waals surface area contributed by atoms with Crippen LogP contribution in [0.2, 0.25) is 0 Å². The largest absolute Gasteiger partial charge is 0.337 e. The van der Waals surface area contributed by atoms with Gasteiger partial charge in [0.05, 0.1) is 11.5 Å². The molecule has 0 N–H and O–H groups in total. The highest BCUT2D eigenvalue weighted by Gasteiger charge is 2.25. The van der Waals surface area contributed by atoms with Crippen LogP contribution in [0, 0.1) is 6.92 Å². The average molecular weight is 332 g/mol. The standard InChI is InChI=1S/C12H14BrNO3S/c1-9-6-10(8-11(13)7-9)12(15)14-2-4-18(16,17)5-3-14/h6-8H,2-5H2,1H3. The minimum Gasteiger partial charge on any atom is -0.337 e. The van der Waals surface area contributed by atoms with Crippen LogP contribution in [0.5, 0.6) is 0 Å². The molecule has 0 aliphatic carbocycles. The highest BCUT2D eigenvalue weighted by Crippen LogP contribution is 2.17. The molecule has 1 fully saturated rings. The van der Waals surface area contributed by atoms with Crippen LogP contribution in [0.15, 0.2) is 22.7 Å². The molecular formula is C12H14BrNO3S. The minimum atomic E-state index is -2.95. The molecule has 0 unspecified atom stereocenters. The molecule has 98 valence electrons. The van der Waals surface area contributed by atoms with Gasteiger partial charge in [-0.3, -0.25) is 4.79 Å². The Morgan fingerprint density at radius 2 is 1.83 bits per heavy atom. The van der Waals surface area contributed by atoms with E-state index in [0.29, 0.717) is 5.56 Å². The molecule has 1 aliphatic rings. The Bertz CT molecular complexity index is 549. The summed E-state index contributed by atoms with van der Waals surface area (Å²) in [6.07, 6.45) is 0. The summed E-state index contributed by atoms with van der Waals surface area (Å²) in [5.74, 6) is 0.0200. The van der Waals surface area contributed by atoms with Crippen molar-refractivity contribution >= 4 is 31.7 Å². The van der Waals surface area contributed by atoms with Gasteiger partial charge in [-0.25, -0.2) is 8.42 Å². The molecule has 2 rings (SSSR count). The summed E-state index contributed by atoms with van der Waals surface area (Å²) < 4.78 is 23.5. The molecule has 1 saturated heterocycles. The minimum absolute atomic E-state index is 0.0612. The Hall–Kier alpha value is -0.880. The van der Waals surface area contributed by atoms with Crippen molar-refractivity contribution in [1.29, 1.82) is 0 Å². The molecule has 0 radical (unpaired) electrons. The molecule has 0 bridgehead atoms. The van der Waals surface area contributed by atoms with E-state index in [1.165, 1.54) is 0 Å². The number of benzene rings is 1. The van der Waals surface area contributed by atoms with Gasteiger partial charge < -0.3 is 4.90 Å². The maximum Gasteiger partial charge on any atom is 0.253 e. The van der Waals surface area contributed by atoms with Gasteiger partial charge in [0.2, 0.25) is 0 Å². The average Bonchev–Trinajstić information content (AvgIpc) is 2.27. The van der Waals surface area contributed by atoms with Gasteiger partial charge in [0.1, 0.15) is 0 Å². The number of amides is 1. The quantitative estimate of drug-likeness (QED) is 0.785. The van der Waals surface area contributed by atoms with Gasteiger partial charge in [0, 0.05) is 23.1 Å². The van der Waals surface area contributed by atoms with Crippen molar-refractivity contribution < 1.29 is 13.2 Å². The molecule has 0 aromatic heterocycles. The fraction of sp³-hybridized carbons (Fsp3) is 0.417. The zero-order chi connectivity index (χ0) is 13.3. The Morgan fingerprint density at radius 1 is 1.22 bits per heavy atom. The topological polar surface area (TPSA) is 54.5 Å². The second-order valence-corrected chi connectivity index (χ2v) is 7.68. The Morgan fingerprint density at radius 3 is 2.39 bits per heavy atom. The van der Waals surface area contributed by atoms with E-state index in [-0.39, 0.29) is 30.5 Å². The first-order valence-corrected chi connectivity index (χ1v) is 8.26. The monoisotopic (exact) mass is 331 g/mol. The molecule has 1 amide bonds. The van der Waals surface area contributed by atoms with Crippen LogP contribution in [0.3, 0.4) is 0 Å². The number of hydrogen-bond acceptors (Lipinski definition) is 3. The summed E-state index contributed by atoms with van der Waals surface area (Å²) in [4.78, 5) is 13.8. The number of nitrogens with zero attached hydrogens (tertiary/aromatic N) is 1. The highest BCUT2D eigenvalue weighted by atomic mass is 79.9. The highest BCUT2D eigenvalue weighted by molar-refractivity contribution is 9.10. The molecule has 1 aromatic rings. The van der Waals surface area contributed by atoms with E-state index in [2.05, 4.69) is 15.9 Å². The van der Waals surface area contributed by atoms with Crippen molar-refractivity contribution in [3.8, 4) is 0 Å². The predicted molar refractivity (Wildman–Crippen MR) is 73.4 cm³/mol. The van der Waals surface area contributed by atoms with Crippen LogP contribution in [-0.4, -0.2) is 43.8 Å². The SMILES string of the molecule is Cc1cc(Br)cc(C(=O)N2CCS(=O)(=O)CC2)c1. The van der Waals surface area contributed by atoms with Gasteiger partial charge in [-0.05, 0) is 30.7 Å². The summed E-state index contributed by atoms with van der Waals surface area (Å²) in [6.45, 7) is 2.49. The maximum absolute atomic E-state index is 12.2. The van der Waals surface area contributed by atoms with Crippen LogP contribution in [-0.2, 0) is 9.84 Å². The first kappa shape index (κ1) is 13.5. The Kier molecular flexibility index (Phi) is 3.77. The molecule has 6 heteroatoms. The maximum atomic E-state index is 12.2. The van der Waals surface area contributed by atoms with Gasteiger partial charge in [-0.2, -0.15) is 0 Å². The number of aryl methyl sites for hydroxylation is 1. The van der Waals surface area contributed by atoms with Crippen molar-refractivity contribution in [2.24, 2.45) is 0 Å². The van der Waals surface area contributed by atoms with Crippen molar-refractivity contribution in [3.05, 3.63) is 33.8 Å². The van der Waals surface area contributed by atoms with E-state index in [1.54, 1.807) is 11.0 Å². The van der Waals surface area contributed by atoms with Crippen molar-refractivity contribution in [1.82, 2.24) is 4.90 Å². The number of carbonyl (C=O) groups is 1. The van der Waals surface area contributed by atoms with E-state index in [4.69, 9.17) is 0 Å². The van der Waals surface area contributed by atoms with Crippen LogP contribution in [0.1, 0.15) is 15.9 Å². The first-order valence-electron chi connectivity index (χ1n) is 5.64. The summed E-state index contributed by atoms with van der Waals surface area (Å²) >= 11 is 3.36. The van der Waals surface area contributed by atoms with E-state index in [1.807, 2.05) is 19.1 Å². The van der Waals surface area contributed by atoms with Gasteiger partial charge in [-0.1, -0.05) is 15.9 Å². The normalized spacial score (nSPS) is 18.7. The van der Waals surface area contributed by atoms with Gasteiger partial charge >= 0.3 is 0 Å². The van der Waals surface area contributed by atoms with E-state index < -0.39 is 9.84 Å². The number of hydrogen-bond donors (Lipinski definition) is 0. The zero-order valence-corrected chi connectivity index (χ0v) is 12.4. The molecule has 18 heavy (non-hydrogen) atoms. The lowest BCUT2D eigenvalue weighted by Crippen LogP contribution is -2.43. The number of halogens is 1. The fourth-order valence-electron chi connectivity index (χ4n) is 1.96. The van der Waals surface area contributed by atoms with Crippen LogP contribution in [0.25, 0.3) is 0 Å². The number of carbonyl (C=O) groups excluding carboxylic acids is 1. The smallest absolute Gasteiger partial charge is 0.253 e. The lowest BCUT2D eigenvalue weighted by Gasteiger charge is -2.26. The lowest BCUT2D eigenvalue weighted by atomic mass is 10.1. The molecule has 1 aromatic carbocycles. The molecule has 4 nitrogen and oxygen atoms in total. The van der Waals surface area contributed by atoms with Crippen LogP contribution >= 0.6 is 15.9 Å². The molecule has 0 saturated carbocycles. The van der Waals surface area contributed by atoms with E-state index in [0.717, 1.165) is 10.0 Å². The Balaban J connectivity index is 2.17. The van der Waals surface area contributed by atoms with Gasteiger partial charge in [0.15, 0.2) is 9.84 Å². The number of sulfone groups is 1. The molecular weight excluding hydrogens is 318 g/mol. The first-order chi connectivity index (χ1) is 8.37. The van der Waals surface area contributed by atoms with Crippen molar-refractivity contribution in [2.75, 3.05) is 24.6 Å². The molecule has 0 spiro atoms. The predicted octanol–water partition coefficient (Wildman–Crippen LogP) is 1.63. The van der Waals surface area contributed by atoms with Crippen LogP contribution < -0.4 is 0 Å². The third kappa shape index (κ3) is 3.11. The number of rotatable bonds is 1.